The van der Waals surface area contributed by atoms with E-state index in [1.54, 1.807) is 25.1 Å². The lowest BCUT2D eigenvalue weighted by Gasteiger charge is -2.40. The Morgan fingerprint density at radius 1 is 1.26 bits per heavy atom. The van der Waals surface area contributed by atoms with Crippen molar-refractivity contribution in [1.82, 2.24) is 24.9 Å². The monoisotopic (exact) mass is 482 g/mol. The summed E-state index contributed by atoms with van der Waals surface area (Å²) in [5.41, 5.74) is 2.35. The van der Waals surface area contributed by atoms with Gasteiger partial charge in [-0.1, -0.05) is 18.5 Å². The Hall–Kier alpha value is -3.46. The molecule has 1 saturated heterocycles. The van der Waals surface area contributed by atoms with Crippen LogP contribution in [0, 0.1) is 18.7 Å². The maximum absolute atomic E-state index is 14.4. The molecule has 3 heterocycles. The molecule has 2 atom stereocenters. The zero-order valence-electron chi connectivity index (χ0n) is 18.8. The number of amides is 1. The first-order chi connectivity index (χ1) is 16.4. The van der Waals surface area contributed by atoms with Crippen molar-refractivity contribution in [2.75, 3.05) is 18.4 Å². The van der Waals surface area contributed by atoms with Gasteiger partial charge >= 0.3 is 0 Å². The quantitative estimate of drug-likeness (QED) is 0.437. The summed E-state index contributed by atoms with van der Waals surface area (Å²) < 4.78 is 20.2. The van der Waals surface area contributed by atoms with Crippen LogP contribution in [-0.2, 0) is 0 Å². The van der Waals surface area contributed by atoms with Gasteiger partial charge in [-0.25, -0.2) is 4.39 Å². The first-order valence-corrected chi connectivity index (χ1v) is 11.6. The Morgan fingerprint density at radius 3 is 2.85 bits per heavy atom. The van der Waals surface area contributed by atoms with Gasteiger partial charge < -0.3 is 14.6 Å². The van der Waals surface area contributed by atoms with Gasteiger partial charge in [-0.15, -0.1) is 0 Å². The van der Waals surface area contributed by atoms with Crippen molar-refractivity contribution >= 4 is 34.6 Å². The first-order valence-electron chi connectivity index (χ1n) is 11.2. The zero-order chi connectivity index (χ0) is 23.8. The third-order valence-corrected chi connectivity index (χ3v) is 6.64. The number of nitrogens with one attached hydrogen (secondary N) is 1. The Bertz CT molecular complexity index is 1340. The molecule has 0 saturated carbocycles. The minimum absolute atomic E-state index is 0.108. The molecule has 2 aromatic carbocycles. The van der Waals surface area contributed by atoms with Crippen molar-refractivity contribution in [3.63, 3.8) is 0 Å². The van der Waals surface area contributed by atoms with E-state index in [9.17, 15) is 9.18 Å². The Labute approximate surface area is 200 Å². The Balaban J connectivity index is 1.43. The van der Waals surface area contributed by atoms with Crippen LogP contribution in [0.3, 0.4) is 0 Å². The molecule has 176 valence electrons. The minimum Gasteiger partial charge on any atom is -0.424 e. The number of halogens is 2. The maximum Gasteiger partial charge on any atom is 0.295 e. The molecule has 34 heavy (non-hydrogen) atoms. The first kappa shape index (κ1) is 22.3. The molecule has 5 rings (SSSR count). The van der Waals surface area contributed by atoms with Gasteiger partial charge in [0.15, 0.2) is 5.58 Å². The molecule has 0 bridgehead atoms. The number of piperidine rings is 1. The second-order valence-electron chi connectivity index (χ2n) is 8.58. The molecule has 10 heteroatoms. The fourth-order valence-electron chi connectivity index (χ4n) is 4.57. The highest BCUT2D eigenvalue weighted by molar-refractivity contribution is 6.31. The number of carbonyl (C=O) groups excluding carboxylic acids is 1. The van der Waals surface area contributed by atoms with Crippen molar-refractivity contribution in [3.05, 3.63) is 64.7 Å². The summed E-state index contributed by atoms with van der Waals surface area (Å²) in [4.78, 5) is 21.4. The molecule has 1 aliphatic rings. The van der Waals surface area contributed by atoms with Crippen LogP contribution in [0.15, 0.2) is 47.1 Å². The van der Waals surface area contributed by atoms with Crippen LogP contribution in [0.1, 0.15) is 35.7 Å². The van der Waals surface area contributed by atoms with E-state index in [2.05, 4.69) is 27.4 Å². The molecule has 0 spiro atoms. The summed E-state index contributed by atoms with van der Waals surface area (Å²) in [5, 5.41) is 12.1. The number of anilines is 1. The zero-order valence-corrected chi connectivity index (χ0v) is 19.6. The number of likely N-dealkylation sites (tertiary alicyclic amines) is 1. The number of aromatic nitrogens is 4. The molecule has 1 amide bonds. The van der Waals surface area contributed by atoms with E-state index in [0.717, 1.165) is 12.8 Å². The van der Waals surface area contributed by atoms with E-state index in [4.69, 9.17) is 16.0 Å². The van der Waals surface area contributed by atoms with E-state index in [1.165, 1.54) is 29.3 Å². The molecule has 1 aliphatic heterocycles. The SMILES string of the molecule is Cc1c(F)ccc(C(=O)N2CCCC(C)C2CNc2nc3ccc(Cl)cc3o2)c1-n1nccn1. The molecule has 8 nitrogen and oxygen atoms in total. The minimum atomic E-state index is -0.412. The second kappa shape index (κ2) is 9.06. The van der Waals surface area contributed by atoms with Gasteiger partial charge in [0.1, 0.15) is 17.0 Å². The molecule has 4 aromatic rings. The number of hydrogen-bond acceptors (Lipinski definition) is 6. The number of nitrogens with zero attached hydrogens (tertiary/aromatic N) is 5. The molecular weight excluding hydrogens is 459 g/mol. The van der Waals surface area contributed by atoms with Crippen molar-refractivity contribution in [1.29, 1.82) is 0 Å². The highest BCUT2D eigenvalue weighted by Crippen LogP contribution is 2.29. The topological polar surface area (TPSA) is 89.1 Å². The van der Waals surface area contributed by atoms with E-state index in [1.807, 2.05) is 4.90 Å². The lowest BCUT2D eigenvalue weighted by molar-refractivity contribution is 0.0538. The van der Waals surface area contributed by atoms with E-state index < -0.39 is 5.82 Å². The van der Waals surface area contributed by atoms with Gasteiger partial charge in [-0.3, -0.25) is 4.79 Å². The number of rotatable bonds is 5. The number of benzene rings is 2. The van der Waals surface area contributed by atoms with Crippen molar-refractivity contribution in [3.8, 4) is 5.69 Å². The normalized spacial score (nSPS) is 18.4. The number of oxazole rings is 1. The fourth-order valence-corrected chi connectivity index (χ4v) is 4.73. The second-order valence-corrected chi connectivity index (χ2v) is 9.02. The van der Waals surface area contributed by atoms with Gasteiger partial charge in [0.2, 0.25) is 0 Å². The average Bonchev–Trinajstić information content (AvgIpc) is 3.49. The van der Waals surface area contributed by atoms with Gasteiger partial charge in [0.25, 0.3) is 11.9 Å². The summed E-state index contributed by atoms with van der Waals surface area (Å²) in [5.74, 6) is -0.347. The molecule has 1 N–H and O–H groups in total. The summed E-state index contributed by atoms with van der Waals surface area (Å²) in [6.07, 6.45) is 4.89. The summed E-state index contributed by atoms with van der Waals surface area (Å²) in [7, 11) is 0. The largest absolute Gasteiger partial charge is 0.424 e. The highest BCUT2D eigenvalue weighted by Gasteiger charge is 2.34. The van der Waals surface area contributed by atoms with E-state index in [-0.39, 0.29) is 17.9 Å². The maximum atomic E-state index is 14.4. The van der Waals surface area contributed by atoms with Crippen LogP contribution < -0.4 is 5.32 Å². The summed E-state index contributed by atoms with van der Waals surface area (Å²) in [6.45, 7) is 4.82. The third kappa shape index (κ3) is 4.11. The standard InChI is InChI=1S/C24H24ClFN6O2/c1-14-4-3-11-31(20(14)13-27-24-30-19-8-5-16(25)12-21(19)34-24)23(33)17-6-7-18(26)15(2)22(17)32-28-9-10-29-32/h5-10,12,14,20H,3-4,11,13H2,1-2H3,(H,27,30). The highest BCUT2D eigenvalue weighted by atomic mass is 35.5. The number of fused-ring (bicyclic) bond motifs is 1. The molecule has 0 aliphatic carbocycles. The van der Waals surface area contributed by atoms with Crippen LogP contribution in [-0.4, -0.2) is 49.9 Å². The van der Waals surface area contributed by atoms with Gasteiger partial charge in [0, 0.05) is 29.7 Å². The molecule has 1 fully saturated rings. The predicted octanol–water partition coefficient (Wildman–Crippen LogP) is 4.86. The van der Waals surface area contributed by atoms with Crippen LogP contribution in [0.2, 0.25) is 5.02 Å². The van der Waals surface area contributed by atoms with Crippen LogP contribution in [0.25, 0.3) is 16.8 Å². The van der Waals surface area contributed by atoms with Crippen molar-refractivity contribution in [2.45, 2.75) is 32.7 Å². The van der Waals surface area contributed by atoms with Crippen molar-refractivity contribution in [2.24, 2.45) is 5.92 Å². The van der Waals surface area contributed by atoms with Gasteiger partial charge in [-0.2, -0.15) is 20.0 Å². The van der Waals surface area contributed by atoms with Crippen LogP contribution in [0.5, 0.6) is 0 Å². The van der Waals surface area contributed by atoms with E-state index >= 15 is 0 Å². The van der Waals surface area contributed by atoms with Crippen LogP contribution in [0.4, 0.5) is 10.4 Å². The molecule has 2 aromatic heterocycles. The Morgan fingerprint density at radius 2 is 2.06 bits per heavy atom. The molecule has 2 unspecified atom stereocenters. The Kier molecular flexibility index (Phi) is 5.95. The fraction of sp³-hybridized carbons (Fsp3) is 0.333. The van der Waals surface area contributed by atoms with Gasteiger partial charge in [0.05, 0.1) is 24.0 Å². The van der Waals surface area contributed by atoms with Crippen molar-refractivity contribution < 1.29 is 13.6 Å². The number of hydrogen-bond donors (Lipinski definition) is 1. The predicted molar refractivity (Wildman–Crippen MR) is 127 cm³/mol. The lowest BCUT2D eigenvalue weighted by atomic mass is 9.89. The van der Waals surface area contributed by atoms with Gasteiger partial charge in [-0.05, 0) is 49.9 Å². The summed E-state index contributed by atoms with van der Waals surface area (Å²) in [6, 6.07) is 8.38. The average molecular weight is 483 g/mol. The lowest BCUT2D eigenvalue weighted by Crippen LogP contribution is -2.51. The third-order valence-electron chi connectivity index (χ3n) is 6.40. The molecular formula is C24H24ClFN6O2. The number of carbonyl (C=O) groups is 1. The van der Waals surface area contributed by atoms with E-state index in [0.29, 0.717) is 52.0 Å². The smallest absolute Gasteiger partial charge is 0.295 e. The van der Waals surface area contributed by atoms with Crippen LogP contribution >= 0.6 is 11.6 Å². The summed E-state index contributed by atoms with van der Waals surface area (Å²) >= 11 is 6.04. The molecule has 0 radical (unpaired) electrons.